The summed E-state index contributed by atoms with van der Waals surface area (Å²) >= 11 is 6.22. The van der Waals surface area contributed by atoms with Gasteiger partial charge in [0.1, 0.15) is 5.82 Å². The third-order valence-electron chi connectivity index (χ3n) is 2.93. The average molecular weight is 251 g/mol. The van der Waals surface area contributed by atoms with Gasteiger partial charge < -0.3 is 5.73 Å². The van der Waals surface area contributed by atoms with Crippen molar-refractivity contribution in [3.8, 4) is 0 Å². The standard InChI is InChI=1S/C12H15ClN4/c1-7-4-5-15-12(14)9(7)6-10-11(13)8(2)16-17(10)3/h4-5H,6H2,1-3H3,(H2,14,15). The first-order valence-corrected chi connectivity index (χ1v) is 5.76. The molecular formula is C12H15ClN4. The Hall–Kier alpha value is -1.55. The van der Waals surface area contributed by atoms with E-state index in [1.807, 2.05) is 27.0 Å². The van der Waals surface area contributed by atoms with E-state index in [9.17, 15) is 0 Å². The predicted octanol–water partition coefficient (Wildman–Crippen LogP) is 2.26. The van der Waals surface area contributed by atoms with Gasteiger partial charge in [-0.3, -0.25) is 4.68 Å². The maximum Gasteiger partial charge on any atom is 0.127 e. The molecule has 0 aromatic carbocycles. The molecule has 0 aliphatic carbocycles. The van der Waals surface area contributed by atoms with Crippen LogP contribution in [-0.2, 0) is 13.5 Å². The maximum atomic E-state index is 6.22. The third kappa shape index (κ3) is 2.13. The summed E-state index contributed by atoms with van der Waals surface area (Å²) in [5.74, 6) is 0.555. The molecule has 2 rings (SSSR count). The Morgan fingerprint density at radius 3 is 2.65 bits per heavy atom. The van der Waals surface area contributed by atoms with Crippen molar-refractivity contribution in [3.05, 3.63) is 39.8 Å². The van der Waals surface area contributed by atoms with Crippen molar-refractivity contribution in [2.45, 2.75) is 20.3 Å². The largest absolute Gasteiger partial charge is 0.383 e. The van der Waals surface area contributed by atoms with E-state index in [4.69, 9.17) is 17.3 Å². The summed E-state index contributed by atoms with van der Waals surface area (Å²) in [6.07, 6.45) is 2.37. The SMILES string of the molecule is Cc1ccnc(N)c1Cc1c(Cl)c(C)nn1C. The molecule has 2 heterocycles. The fourth-order valence-corrected chi connectivity index (χ4v) is 2.11. The molecule has 5 heteroatoms. The monoisotopic (exact) mass is 250 g/mol. The van der Waals surface area contributed by atoms with Crippen molar-refractivity contribution in [3.63, 3.8) is 0 Å². The number of hydrogen-bond donors (Lipinski definition) is 1. The smallest absolute Gasteiger partial charge is 0.127 e. The van der Waals surface area contributed by atoms with Crippen LogP contribution in [0.2, 0.25) is 5.02 Å². The van der Waals surface area contributed by atoms with E-state index in [0.29, 0.717) is 17.3 Å². The van der Waals surface area contributed by atoms with Crippen LogP contribution in [0.4, 0.5) is 5.82 Å². The Kier molecular flexibility index (Phi) is 3.07. The first-order valence-electron chi connectivity index (χ1n) is 5.38. The summed E-state index contributed by atoms with van der Waals surface area (Å²) in [6.45, 7) is 3.91. The normalized spacial score (nSPS) is 10.8. The molecule has 0 aliphatic heterocycles. The first kappa shape index (κ1) is 11.9. The highest BCUT2D eigenvalue weighted by molar-refractivity contribution is 6.31. The molecule has 0 amide bonds. The summed E-state index contributed by atoms with van der Waals surface area (Å²) in [4.78, 5) is 4.11. The lowest BCUT2D eigenvalue weighted by molar-refractivity contribution is 0.716. The van der Waals surface area contributed by atoms with E-state index < -0.39 is 0 Å². The zero-order chi connectivity index (χ0) is 12.6. The molecule has 0 aliphatic rings. The van der Waals surface area contributed by atoms with Gasteiger partial charge in [0.15, 0.2) is 0 Å². The molecule has 0 unspecified atom stereocenters. The van der Waals surface area contributed by atoms with E-state index in [0.717, 1.165) is 22.5 Å². The highest BCUT2D eigenvalue weighted by atomic mass is 35.5. The maximum absolute atomic E-state index is 6.22. The summed E-state index contributed by atoms with van der Waals surface area (Å²) in [5.41, 5.74) is 9.82. The minimum Gasteiger partial charge on any atom is -0.383 e. The molecule has 17 heavy (non-hydrogen) atoms. The quantitative estimate of drug-likeness (QED) is 0.890. The Balaban J connectivity index is 2.45. The number of pyridine rings is 1. The van der Waals surface area contributed by atoms with Crippen molar-refractivity contribution in [1.29, 1.82) is 0 Å². The van der Waals surface area contributed by atoms with E-state index in [-0.39, 0.29) is 0 Å². The van der Waals surface area contributed by atoms with Gasteiger partial charge in [-0.15, -0.1) is 0 Å². The fraction of sp³-hybridized carbons (Fsp3) is 0.333. The van der Waals surface area contributed by atoms with Gasteiger partial charge in [-0.05, 0) is 25.5 Å². The van der Waals surface area contributed by atoms with Gasteiger partial charge >= 0.3 is 0 Å². The van der Waals surface area contributed by atoms with Crippen LogP contribution in [0.15, 0.2) is 12.3 Å². The molecule has 0 bridgehead atoms. The van der Waals surface area contributed by atoms with Gasteiger partial charge in [-0.2, -0.15) is 5.10 Å². The summed E-state index contributed by atoms with van der Waals surface area (Å²) in [7, 11) is 1.89. The van der Waals surface area contributed by atoms with Crippen LogP contribution >= 0.6 is 11.6 Å². The van der Waals surface area contributed by atoms with Crippen molar-refractivity contribution >= 4 is 17.4 Å². The Morgan fingerprint density at radius 2 is 2.12 bits per heavy atom. The molecule has 90 valence electrons. The van der Waals surface area contributed by atoms with Gasteiger partial charge in [-0.25, -0.2) is 4.98 Å². The number of aromatic nitrogens is 3. The number of anilines is 1. The fourth-order valence-electron chi connectivity index (χ4n) is 1.88. The van der Waals surface area contributed by atoms with E-state index in [1.165, 1.54) is 0 Å². The molecular weight excluding hydrogens is 236 g/mol. The molecule has 2 aromatic heterocycles. The van der Waals surface area contributed by atoms with E-state index in [2.05, 4.69) is 10.1 Å². The van der Waals surface area contributed by atoms with Gasteiger partial charge in [0.2, 0.25) is 0 Å². The summed E-state index contributed by atoms with van der Waals surface area (Å²) in [5, 5.41) is 4.99. The summed E-state index contributed by atoms with van der Waals surface area (Å²) < 4.78 is 1.80. The van der Waals surface area contributed by atoms with Crippen LogP contribution in [0, 0.1) is 13.8 Å². The number of rotatable bonds is 2. The van der Waals surface area contributed by atoms with Crippen molar-refractivity contribution < 1.29 is 0 Å². The molecule has 2 N–H and O–H groups in total. The van der Waals surface area contributed by atoms with Crippen molar-refractivity contribution in [1.82, 2.24) is 14.8 Å². The van der Waals surface area contributed by atoms with Gasteiger partial charge in [0.05, 0.1) is 16.4 Å². The van der Waals surface area contributed by atoms with Crippen LogP contribution in [0.3, 0.4) is 0 Å². The number of hydrogen-bond acceptors (Lipinski definition) is 3. The van der Waals surface area contributed by atoms with Crippen LogP contribution in [0.5, 0.6) is 0 Å². The molecule has 2 aromatic rings. The Morgan fingerprint density at radius 1 is 1.41 bits per heavy atom. The average Bonchev–Trinajstić information content (AvgIpc) is 2.49. The van der Waals surface area contributed by atoms with Crippen molar-refractivity contribution in [2.75, 3.05) is 5.73 Å². The highest BCUT2D eigenvalue weighted by Crippen LogP contribution is 2.25. The second-order valence-electron chi connectivity index (χ2n) is 4.14. The molecule has 0 spiro atoms. The third-order valence-corrected chi connectivity index (χ3v) is 3.42. The number of nitrogens with zero attached hydrogens (tertiary/aromatic N) is 3. The summed E-state index contributed by atoms with van der Waals surface area (Å²) in [6, 6.07) is 1.95. The molecule has 0 atom stereocenters. The van der Waals surface area contributed by atoms with E-state index in [1.54, 1.807) is 10.9 Å². The molecule has 0 fully saturated rings. The predicted molar refractivity (Wildman–Crippen MR) is 69.1 cm³/mol. The number of aryl methyl sites for hydroxylation is 3. The number of halogens is 1. The van der Waals surface area contributed by atoms with Crippen molar-refractivity contribution in [2.24, 2.45) is 7.05 Å². The number of nitrogens with two attached hydrogens (primary N) is 1. The van der Waals surface area contributed by atoms with Crippen LogP contribution in [0.25, 0.3) is 0 Å². The molecule has 4 nitrogen and oxygen atoms in total. The minimum atomic E-state index is 0.555. The Bertz CT molecular complexity index is 540. The molecule has 0 saturated carbocycles. The highest BCUT2D eigenvalue weighted by Gasteiger charge is 2.14. The number of nitrogen functional groups attached to an aromatic ring is 1. The van der Waals surface area contributed by atoms with Crippen LogP contribution in [0.1, 0.15) is 22.5 Å². The zero-order valence-electron chi connectivity index (χ0n) is 10.2. The Labute approximate surface area is 105 Å². The topological polar surface area (TPSA) is 56.7 Å². The lowest BCUT2D eigenvalue weighted by atomic mass is 10.1. The van der Waals surface area contributed by atoms with E-state index >= 15 is 0 Å². The van der Waals surface area contributed by atoms with Gasteiger partial charge in [-0.1, -0.05) is 11.6 Å². The zero-order valence-corrected chi connectivity index (χ0v) is 10.9. The first-order chi connectivity index (χ1) is 8.00. The molecule has 0 saturated heterocycles. The second kappa shape index (κ2) is 4.37. The van der Waals surface area contributed by atoms with Crippen LogP contribution < -0.4 is 5.73 Å². The minimum absolute atomic E-state index is 0.555. The second-order valence-corrected chi connectivity index (χ2v) is 4.52. The van der Waals surface area contributed by atoms with Gasteiger partial charge in [0.25, 0.3) is 0 Å². The van der Waals surface area contributed by atoms with Gasteiger partial charge in [0, 0.05) is 25.2 Å². The lowest BCUT2D eigenvalue weighted by Crippen LogP contribution is -2.05. The molecule has 0 radical (unpaired) electrons. The lowest BCUT2D eigenvalue weighted by Gasteiger charge is -2.09. The van der Waals surface area contributed by atoms with Crippen LogP contribution in [-0.4, -0.2) is 14.8 Å².